The monoisotopic (exact) mass is 423 g/mol. The lowest BCUT2D eigenvalue weighted by Gasteiger charge is -2.10. The van der Waals surface area contributed by atoms with Crippen molar-refractivity contribution >= 4 is 39.4 Å². The van der Waals surface area contributed by atoms with E-state index in [9.17, 15) is 18.0 Å². The number of carbonyl (C=O) groups excluding carboxylic acids is 1. The number of hydrogen-bond acceptors (Lipinski definition) is 6. The average Bonchev–Trinajstić information content (AvgIpc) is 3.33. The van der Waals surface area contributed by atoms with Crippen molar-refractivity contribution in [3.8, 4) is 10.6 Å². The maximum Gasteiger partial charge on any atom is 0.433 e. The Kier molecular flexibility index (Phi) is 4.42. The molecule has 4 heterocycles. The van der Waals surface area contributed by atoms with Crippen LogP contribution in [0.4, 0.5) is 18.3 Å². The first-order valence-electron chi connectivity index (χ1n) is 7.99. The van der Waals surface area contributed by atoms with Crippen LogP contribution in [-0.4, -0.2) is 25.5 Å². The Morgan fingerprint density at radius 2 is 2.00 bits per heavy atom. The molecule has 0 aromatic carbocycles. The summed E-state index contributed by atoms with van der Waals surface area (Å²) in [4.78, 5) is 22.4. The van der Waals surface area contributed by atoms with Crippen LogP contribution in [0.15, 0.2) is 29.6 Å². The SMILES string of the molecule is Cc1nc(NC(=O)c2cc3nc(-c4cccs4)cc(C(F)(F)F)n3n2)sc1C. The summed E-state index contributed by atoms with van der Waals surface area (Å²) in [5.74, 6) is -0.648. The van der Waals surface area contributed by atoms with E-state index in [4.69, 9.17) is 0 Å². The number of anilines is 1. The number of nitrogens with zero attached hydrogens (tertiary/aromatic N) is 4. The summed E-state index contributed by atoms with van der Waals surface area (Å²) in [5.41, 5.74) is -0.285. The summed E-state index contributed by atoms with van der Waals surface area (Å²) in [7, 11) is 0. The van der Waals surface area contributed by atoms with Gasteiger partial charge < -0.3 is 0 Å². The summed E-state index contributed by atoms with van der Waals surface area (Å²) in [6, 6.07) is 5.57. The van der Waals surface area contributed by atoms with Gasteiger partial charge in [0.25, 0.3) is 5.91 Å². The number of thiophene rings is 1. The molecule has 4 rings (SSSR count). The van der Waals surface area contributed by atoms with Gasteiger partial charge in [-0.2, -0.15) is 18.3 Å². The smallest absolute Gasteiger partial charge is 0.296 e. The van der Waals surface area contributed by atoms with Crippen LogP contribution in [0.3, 0.4) is 0 Å². The number of nitrogens with one attached hydrogen (secondary N) is 1. The van der Waals surface area contributed by atoms with Gasteiger partial charge in [-0.05, 0) is 31.4 Å². The maximum atomic E-state index is 13.5. The number of alkyl halides is 3. The van der Waals surface area contributed by atoms with E-state index in [0.29, 0.717) is 14.5 Å². The Balaban J connectivity index is 1.78. The van der Waals surface area contributed by atoms with Gasteiger partial charge in [0, 0.05) is 10.9 Å². The number of carbonyl (C=O) groups is 1. The molecule has 0 unspecified atom stereocenters. The van der Waals surface area contributed by atoms with Crippen molar-refractivity contribution in [2.75, 3.05) is 5.32 Å². The molecule has 0 bridgehead atoms. The van der Waals surface area contributed by atoms with Gasteiger partial charge in [0.2, 0.25) is 0 Å². The summed E-state index contributed by atoms with van der Waals surface area (Å²) in [5, 5.41) is 8.51. The Morgan fingerprint density at radius 1 is 1.21 bits per heavy atom. The Bertz CT molecular complexity index is 1160. The number of amides is 1. The fourth-order valence-corrected chi connectivity index (χ4v) is 4.02. The molecule has 0 atom stereocenters. The van der Waals surface area contributed by atoms with Crippen molar-refractivity contribution in [3.05, 3.63) is 51.6 Å². The lowest BCUT2D eigenvalue weighted by atomic mass is 10.2. The van der Waals surface area contributed by atoms with Crippen LogP contribution in [0.25, 0.3) is 16.2 Å². The number of hydrogen-bond donors (Lipinski definition) is 1. The molecule has 4 aromatic heterocycles. The predicted octanol–water partition coefficient (Wildman–Crippen LogP) is 4.80. The zero-order valence-corrected chi connectivity index (χ0v) is 16.2. The van der Waals surface area contributed by atoms with E-state index in [1.807, 2.05) is 6.92 Å². The number of rotatable bonds is 3. The Labute approximate surface area is 164 Å². The molecule has 0 aliphatic rings. The van der Waals surface area contributed by atoms with Crippen molar-refractivity contribution in [3.63, 3.8) is 0 Å². The van der Waals surface area contributed by atoms with Crippen molar-refractivity contribution < 1.29 is 18.0 Å². The zero-order valence-electron chi connectivity index (χ0n) is 14.5. The quantitative estimate of drug-likeness (QED) is 0.514. The normalized spacial score (nSPS) is 11.9. The number of fused-ring (bicyclic) bond motifs is 1. The van der Waals surface area contributed by atoms with Gasteiger partial charge in [0.15, 0.2) is 22.2 Å². The summed E-state index contributed by atoms with van der Waals surface area (Å²) < 4.78 is 41.3. The highest BCUT2D eigenvalue weighted by molar-refractivity contribution is 7.15. The van der Waals surface area contributed by atoms with E-state index >= 15 is 0 Å². The Morgan fingerprint density at radius 3 is 2.61 bits per heavy atom. The molecule has 1 N–H and O–H groups in total. The maximum absolute atomic E-state index is 13.5. The van der Waals surface area contributed by atoms with Gasteiger partial charge >= 0.3 is 6.18 Å². The molecular weight excluding hydrogens is 411 g/mol. The second-order valence-electron chi connectivity index (χ2n) is 5.92. The van der Waals surface area contributed by atoms with Gasteiger partial charge in [-0.1, -0.05) is 6.07 Å². The van der Waals surface area contributed by atoms with Crippen LogP contribution in [0.1, 0.15) is 26.8 Å². The minimum atomic E-state index is -4.66. The molecule has 6 nitrogen and oxygen atoms in total. The number of aromatic nitrogens is 4. The van der Waals surface area contributed by atoms with Crippen LogP contribution >= 0.6 is 22.7 Å². The minimum absolute atomic E-state index is 0.0603. The molecule has 1 amide bonds. The van der Waals surface area contributed by atoms with Crippen molar-refractivity contribution in [2.45, 2.75) is 20.0 Å². The average molecular weight is 423 g/mol. The highest BCUT2D eigenvalue weighted by atomic mass is 32.1. The summed E-state index contributed by atoms with van der Waals surface area (Å²) in [6.45, 7) is 3.66. The third-order valence-corrected chi connectivity index (χ3v) is 5.85. The summed E-state index contributed by atoms with van der Waals surface area (Å²) in [6.07, 6.45) is -4.66. The molecule has 0 saturated carbocycles. The van der Waals surface area contributed by atoms with E-state index in [1.165, 1.54) is 28.7 Å². The number of halogens is 3. The van der Waals surface area contributed by atoms with Crippen LogP contribution in [0.5, 0.6) is 0 Å². The molecular formula is C17H12F3N5OS2. The largest absolute Gasteiger partial charge is 0.433 e. The summed E-state index contributed by atoms with van der Waals surface area (Å²) >= 11 is 2.56. The van der Waals surface area contributed by atoms with Crippen LogP contribution in [-0.2, 0) is 6.18 Å². The van der Waals surface area contributed by atoms with Gasteiger partial charge in [0.1, 0.15) is 0 Å². The molecule has 28 heavy (non-hydrogen) atoms. The second-order valence-corrected chi connectivity index (χ2v) is 8.07. The van der Waals surface area contributed by atoms with E-state index in [0.717, 1.165) is 16.6 Å². The lowest BCUT2D eigenvalue weighted by molar-refractivity contribution is -0.142. The number of thiazole rings is 1. The zero-order chi connectivity index (χ0) is 20.1. The third-order valence-electron chi connectivity index (χ3n) is 3.97. The highest BCUT2D eigenvalue weighted by Crippen LogP contribution is 2.33. The first kappa shape index (κ1) is 18.6. The highest BCUT2D eigenvalue weighted by Gasteiger charge is 2.35. The minimum Gasteiger partial charge on any atom is -0.296 e. The molecule has 0 saturated heterocycles. The molecule has 11 heteroatoms. The van der Waals surface area contributed by atoms with Crippen LogP contribution in [0, 0.1) is 13.8 Å². The fraction of sp³-hybridized carbons (Fsp3) is 0.176. The van der Waals surface area contributed by atoms with E-state index in [2.05, 4.69) is 20.4 Å². The molecule has 0 fully saturated rings. The van der Waals surface area contributed by atoms with E-state index in [1.54, 1.807) is 24.4 Å². The van der Waals surface area contributed by atoms with Gasteiger partial charge in [-0.15, -0.1) is 22.7 Å². The van der Waals surface area contributed by atoms with E-state index < -0.39 is 17.8 Å². The second kappa shape index (κ2) is 6.67. The van der Waals surface area contributed by atoms with Crippen molar-refractivity contribution in [2.24, 2.45) is 0 Å². The fourth-order valence-electron chi connectivity index (χ4n) is 2.53. The first-order chi connectivity index (χ1) is 13.2. The molecule has 0 radical (unpaired) electrons. The standard InChI is InChI=1S/C17H12F3N5OS2/c1-8-9(2)28-16(21-8)23-15(26)11-7-14-22-10(12-4-3-5-27-12)6-13(17(18,19)20)25(14)24-11/h3-7H,1-2H3,(H,21,23,26). The molecule has 0 aliphatic heterocycles. The van der Waals surface area contributed by atoms with Gasteiger partial charge in [0.05, 0.1) is 16.3 Å². The topological polar surface area (TPSA) is 72.2 Å². The third kappa shape index (κ3) is 3.38. The molecule has 144 valence electrons. The molecule has 4 aromatic rings. The van der Waals surface area contributed by atoms with Crippen LogP contribution in [0.2, 0.25) is 0 Å². The van der Waals surface area contributed by atoms with Gasteiger partial charge in [-0.3, -0.25) is 10.1 Å². The predicted molar refractivity (Wildman–Crippen MR) is 101 cm³/mol. The van der Waals surface area contributed by atoms with E-state index in [-0.39, 0.29) is 17.0 Å². The van der Waals surface area contributed by atoms with Gasteiger partial charge in [-0.25, -0.2) is 14.5 Å². The lowest BCUT2D eigenvalue weighted by Crippen LogP contribution is -2.15. The Hall–Kier alpha value is -2.79. The molecule has 0 aliphatic carbocycles. The number of aryl methyl sites for hydroxylation is 2. The van der Waals surface area contributed by atoms with Crippen molar-refractivity contribution in [1.29, 1.82) is 0 Å². The van der Waals surface area contributed by atoms with Crippen LogP contribution < -0.4 is 5.32 Å². The van der Waals surface area contributed by atoms with Crippen molar-refractivity contribution in [1.82, 2.24) is 19.6 Å². The first-order valence-corrected chi connectivity index (χ1v) is 9.69. The molecule has 0 spiro atoms.